The second kappa shape index (κ2) is 8.83. The number of halogens is 2. The Balaban J connectivity index is 0.00000144. The van der Waals surface area contributed by atoms with Crippen molar-refractivity contribution in [2.75, 3.05) is 27.2 Å². The van der Waals surface area contributed by atoms with Gasteiger partial charge in [-0.1, -0.05) is 18.2 Å². The molecular weight excluding hydrogens is 345 g/mol. The lowest BCUT2D eigenvalue weighted by Gasteiger charge is -2.10. The van der Waals surface area contributed by atoms with Crippen molar-refractivity contribution >= 4 is 52.5 Å². The fourth-order valence-electron chi connectivity index (χ4n) is 2.42. The number of para-hydroxylation sites is 1. The molecule has 3 rings (SSSR count). The maximum atomic E-state index is 12.2. The minimum absolute atomic E-state index is 0. The predicted octanol–water partition coefficient (Wildman–Crippen LogP) is 3.52. The van der Waals surface area contributed by atoms with Crippen molar-refractivity contribution in [1.29, 1.82) is 0 Å². The summed E-state index contributed by atoms with van der Waals surface area (Å²) in [7, 11) is 3.97. The number of fused-ring (bicyclic) bond motifs is 2. The van der Waals surface area contributed by atoms with Gasteiger partial charge in [0.15, 0.2) is 0 Å². The highest BCUT2D eigenvalue weighted by atomic mass is 35.5. The Kier molecular flexibility index (Phi) is 7.42. The molecule has 0 spiro atoms. The highest BCUT2D eigenvalue weighted by Crippen LogP contribution is 2.20. The van der Waals surface area contributed by atoms with Gasteiger partial charge >= 0.3 is 0 Å². The van der Waals surface area contributed by atoms with Crippen molar-refractivity contribution in [2.24, 2.45) is 0 Å². The molecule has 0 aliphatic rings. The molecule has 0 fully saturated rings. The lowest BCUT2D eigenvalue weighted by atomic mass is 10.1. The number of rotatable bonds is 4. The Morgan fingerprint density at radius 1 is 1.00 bits per heavy atom. The van der Waals surface area contributed by atoms with Crippen LogP contribution in [0.25, 0.3) is 21.8 Å². The first-order valence-corrected chi connectivity index (χ1v) is 7.36. The van der Waals surface area contributed by atoms with Gasteiger partial charge in [0.25, 0.3) is 5.91 Å². The molecular formula is C18H21Cl2N3O. The van der Waals surface area contributed by atoms with Gasteiger partial charge < -0.3 is 10.2 Å². The maximum Gasteiger partial charge on any atom is 0.251 e. The Morgan fingerprint density at radius 2 is 1.71 bits per heavy atom. The molecule has 1 N–H and O–H groups in total. The number of benzene rings is 2. The number of amides is 1. The van der Waals surface area contributed by atoms with Crippen molar-refractivity contribution in [3.63, 3.8) is 0 Å². The molecule has 4 nitrogen and oxygen atoms in total. The fraction of sp³-hybridized carbons (Fsp3) is 0.222. The summed E-state index contributed by atoms with van der Waals surface area (Å²) in [6.45, 7) is 1.46. The number of carbonyl (C=O) groups excluding carboxylic acids is 1. The normalized spacial score (nSPS) is 10.3. The zero-order valence-electron chi connectivity index (χ0n) is 13.7. The molecule has 0 bridgehead atoms. The molecule has 0 radical (unpaired) electrons. The first-order valence-electron chi connectivity index (χ1n) is 7.36. The summed E-state index contributed by atoms with van der Waals surface area (Å²) >= 11 is 0. The van der Waals surface area contributed by atoms with Gasteiger partial charge in [-0.2, -0.15) is 0 Å². The van der Waals surface area contributed by atoms with Crippen LogP contribution in [0.15, 0.2) is 48.5 Å². The number of nitrogens with zero attached hydrogens (tertiary/aromatic N) is 2. The van der Waals surface area contributed by atoms with Crippen molar-refractivity contribution in [3.8, 4) is 0 Å². The lowest BCUT2D eigenvalue weighted by Crippen LogP contribution is -2.31. The van der Waals surface area contributed by atoms with E-state index in [-0.39, 0.29) is 30.7 Å². The van der Waals surface area contributed by atoms with E-state index < -0.39 is 0 Å². The predicted molar refractivity (Wildman–Crippen MR) is 105 cm³/mol. The van der Waals surface area contributed by atoms with Gasteiger partial charge in [0, 0.05) is 29.4 Å². The van der Waals surface area contributed by atoms with Crippen LogP contribution in [0.2, 0.25) is 0 Å². The van der Waals surface area contributed by atoms with E-state index in [1.807, 2.05) is 61.5 Å². The quantitative estimate of drug-likeness (QED) is 0.719. The Labute approximate surface area is 154 Å². The SMILES string of the molecule is CN(C)CCNC(=O)c1ccc2nc3ccccc3cc2c1.Cl.Cl. The van der Waals surface area contributed by atoms with Gasteiger partial charge in [0.2, 0.25) is 0 Å². The molecule has 0 unspecified atom stereocenters. The number of hydrogen-bond donors (Lipinski definition) is 1. The third kappa shape index (κ3) is 4.57. The number of likely N-dealkylation sites (N-methyl/N-ethyl adjacent to an activating group) is 1. The van der Waals surface area contributed by atoms with Gasteiger partial charge in [0.05, 0.1) is 11.0 Å². The minimum atomic E-state index is -0.0445. The zero-order chi connectivity index (χ0) is 15.5. The van der Waals surface area contributed by atoms with Crippen molar-refractivity contribution < 1.29 is 4.79 Å². The summed E-state index contributed by atoms with van der Waals surface area (Å²) in [5, 5.41) is 5.00. The first kappa shape index (κ1) is 20.2. The number of hydrogen-bond acceptors (Lipinski definition) is 3. The number of carbonyl (C=O) groups is 1. The highest BCUT2D eigenvalue weighted by Gasteiger charge is 2.07. The summed E-state index contributed by atoms with van der Waals surface area (Å²) in [6, 6.07) is 15.7. The van der Waals surface area contributed by atoms with Crippen LogP contribution in [-0.2, 0) is 0 Å². The largest absolute Gasteiger partial charge is 0.351 e. The average molecular weight is 366 g/mol. The fourth-order valence-corrected chi connectivity index (χ4v) is 2.42. The van der Waals surface area contributed by atoms with Crippen LogP contribution in [0.1, 0.15) is 10.4 Å². The van der Waals surface area contributed by atoms with Crippen LogP contribution in [0.3, 0.4) is 0 Å². The van der Waals surface area contributed by atoms with E-state index in [1.165, 1.54) is 0 Å². The van der Waals surface area contributed by atoms with Crippen LogP contribution in [0.4, 0.5) is 0 Å². The van der Waals surface area contributed by atoms with E-state index in [9.17, 15) is 4.79 Å². The highest BCUT2D eigenvalue weighted by molar-refractivity contribution is 6.00. The Bertz CT molecular complexity index is 837. The van der Waals surface area contributed by atoms with Crippen molar-refractivity contribution in [2.45, 2.75) is 0 Å². The van der Waals surface area contributed by atoms with E-state index in [0.717, 1.165) is 28.4 Å². The number of pyridine rings is 1. The van der Waals surface area contributed by atoms with Gasteiger partial charge in [-0.05, 0) is 44.4 Å². The summed E-state index contributed by atoms with van der Waals surface area (Å²) in [6.07, 6.45) is 0. The zero-order valence-corrected chi connectivity index (χ0v) is 15.3. The van der Waals surface area contributed by atoms with Crippen LogP contribution in [0.5, 0.6) is 0 Å². The van der Waals surface area contributed by atoms with Crippen LogP contribution in [-0.4, -0.2) is 43.0 Å². The third-order valence-corrected chi connectivity index (χ3v) is 3.62. The minimum Gasteiger partial charge on any atom is -0.351 e. The molecule has 128 valence electrons. The standard InChI is InChI=1S/C18H19N3O.2ClH/c1-21(2)10-9-19-18(22)14-7-8-17-15(12-14)11-13-5-3-4-6-16(13)20-17;;/h3-8,11-12H,9-10H2,1-2H3,(H,19,22);2*1H. The Morgan fingerprint density at radius 3 is 2.46 bits per heavy atom. The van der Waals surface area contributed by atoms with Crippen molar-refractivity contribution in [3.05, 3.63) is 54.1 Å². The van der Waals surface area contributed by atoms with Crippen LogP contribution >= 0.6 is 24.8 Å². The summed E-state index contributed by atoms with van der Waals surface area (Å²) in [4.78, 5) is 18.8. The van der Waals surface area contributed by atoms with E-state index in [4.69, 9.17) is 0 Å². The second-order valence-electron chi connectivity index (χ2n) is 5.65. The van der Waals surface area contributed by atoms with Crippen molar-refractivity contribution in [1.82, 2.24) is 15.2 Å². The number of nitrogens with one attached hydrogen (secondary N) is 1. The molecule has 0 saturated carbocycles. The van der Waals surface area contributed by atoms with Crippen LogP contribution < -0.4 is 5.32 Å². The monoisotopic (exact) mass is 365 g/mol. The molecule has 0 aliphatic heterocycles. The van der Waals surface area contributed by atoms with Gasteiger partial charge in [-0.3, -0.25) is 4.79 Å². The van der Waals surface area contributed by atoms with E-state index in [2.05, 4.69) is 16.4 Å². The molecule has 1 amide bonds. The lowest BCUT2D eigenvalue weighted by molar-refractivity contribution is 0.0951. The average Bonchev–Trinajstić information content (AvgIpc) is 2.51. The van der Waals surface area contributed by atoms with Gasteiger partial charge in [-0.15, -0.1) is 24.8 Å². The molecule has 3 aromatic rings. The molecule has 6 heteroatoms. The summed E-state index contributed by atoms with van der Waals surface area (Å²) < 4.78 is 0. The topological polar surface area (TPSA) is 45.2 Å². The van der Waals surface area contributed by atoms with Crippen LogP contribution in [0, 0.1) is 0 Å². The smallest absolute Gasteiger partial charge is 0.251 e. The van der Waals surface area contributed by atoms with E-state index >= 15 is 0 Å². The molecule has 0 saturated heterocycles. The molecule has 0 atom stereocenters. The van der Waals surface area contributed by atoms with Gasteiger partial charge in [0.1, 0.15) is 0 Å². The van der Waals surface area contributed by atoms with E-state index in [1.54, 1.807) is 0 Å². The molecule has 24 heavy (non-hydrogen) atoms. The molecule has 1 aromatic heterocycles. The number of aromatic nitrogens is 1. The molecule has 0 aliphatic carbocycles. The first-order chi connectivity index (χ1) is 10.6. The maximum absolute atomic E-state index is 12.2. The molecule has 2 aromatic carbocycles. The summed E-state index contributed by atoms with van der Waals surface area (Å²) in [5.74, 6) is -0.0445. The van der Waals surface area contributed by atoms with E-state index in [0.29, 0.717) is 12.1 Å². The Hall–Kier alpha value is -1.88. The second-order valence-corrected chi connectivity index (χ2v) is 5.65. The third-order valence-electron chi connectivity index (χ3n) is 3.62. The molecule has 1 heterocycles. The van der Waals surface area contributed by atoms with Gasteiger partial charge in [-0.25, -0.2) is 4.98 Å². The summed E-state index contributed by atoms with van der Waals surface area (Å²) in [5.41, 5.74) is 2.55.